The SMILES string of the molecule is COCCCN(C)CCNCC(F)(F)F. The van der Waals surface area contributed by atoms with Gasteiger partial charge in [-0.3, -0.25) is 0 Å². The summed E-state index contributed by atoms with van der Waals surface area (Å²) in [7, 11) is 3.51. The van der Waals surface area contributed by atoms with Crippen LogP contribution in [0.2, 0.25) is 0 Å². The highest BCUT2D eigenvalue weighted by Gasteiger charge is 2.25. The first-order valence-electron chi connectivity index (χ1n) is 4.90. The lowest BCUT2D eigenvalue weighted by Crippen LogP contribution is -2.35. The van der Waals surface area contributed by atoms with Gasteiger partial charge in [0.15, 0.2) is 0 Å². The van der Waals surface area contributed by atoms with E-state index in [4.69, 9.17) is 4.74 Å². The van der Waals surface area contributed by atoms with Crippen LogP contribution in [0.15, 0.2) is 0 Å². The molecule has 0 fully saturated rings. The molecule has 0 amide bonds. The van der Waals surface area contributed by atoms with Crippen LogP contribution >= 0.6 is 0 Å². The summed E-state index contributed by atoms with van der Waals surface area (Å²) in [4.78, 5) is 1.97. The van der Waals surface area contributed by atoms with Crippen molar-refractivity contribution in [2.24, 2.45) is 0 Å². The predicted octanol–water partition coefficient (Wildman–Crippen LogP) is 1.11. The standard InChI is InChI=1S/C9H19F3N2O/c1-14(5-3-7-15-2)6-4-13-8-9(10,11)12/h13H,3-8H2,1-2H3. The Morgan fingerprint density at radius 3 is 2.47 bits per heavy atom. The molecular formula is C9H19F3N2O. The molecule has 0 aliphatic carbocycles. The molecule has 92 valence electrons. The van der Waals surface area contributed by atoms with Crippen LogP contribution < -0.4 is 5.32 Å². The molecule has 0 atom stereocenters. The van der Waals surface area contributed by atoms with E-state index in [2.05, 4.69) is 5.32 Å². The van der Waals surface area contributed by atoms with Crippen LogP contribution in [0.3, 0.4) is 0 Å². The number of halogens is 3. The minimum Gasteiger partial charge on any atom is -0.385 e. The number of nitrogens with one attached hydrogen (secondary N) is 1. The molecule has 15 heavy (non-hydrogen) atoms. The highest BCUT2D eigenvalue weighted by atomic mass is 19.4. The quantitative estimate of drug-likeness (QED) is 0.630. The highest BCUT2D eigenvalue weighted by Crippen LogP contribution is 2.11. The predicted molar refractivity (Wildman–Crippen MR) is 52.9 cm³/mol. The molecule has 0 unspecified atom stereocenters. The van der Waals surface area contributed by atoms with E-state index in [1.54, 1.807) is 7.11 Å². The van der Waals surface area contributed by atoms with Crippen molar-refractivity contribution in [3.63, 3.8) is 0 Å². The molecule has 0 aromatic carbocycles. The summed E-state index contributed by atoms with van der Waals surface area (Å²) < 4.78 is 40.1. The normalized spacial score (nSPS) is 12.4. The Hall–Kier alpha value is -0.330. The number of hydrogen-bond donors (Lipinski definition) is 1. The van der Waals surface area contributed by atoms with Crippen molar-refractivity contribution in [3.8, 4) is 0 Å². The van der Waals surface area contributed by atoms with Crippen molar-refractivity contribution in [1.29, 1.82) is 0 Å². The number of nitrogens with zero attached hydrogens (tertiary/aromatic N) is 1. The van der Waals surface area contributed by atoms with Crippen molar-refractivity contribution in [2.75, 3.05) is 46.9 Å². The second-order valence-corrected chi connectivity index (χ2v) is 3.44. The maximum absolute atomic E-state index is 11.7. The van der Waals surface area contributed by atoms with Crippen molar-refractivity contribution in [1.82, 2.24) is 10.2 Å². The average Bonchev–Trinajstić information content (AvgIpc) is 2.11. The Balaban J connectivity index is 3.27. The molecule has 0 saturated carbocycles. The zero-order chi connectivity index (χ0) is 11.7. The van der Waals surface area contributed by atoms with Gasteiger partial charge in [0.2, 0.25) is 0 Å². The first kappa shape index (κ1) is 14.7. The minimum absolute atomic E-state index is 0.350. The molecule has 6 heteroatoms. The molecule has 0 saturated heterocycles. The molecule has 0 spiro atoms. The molecular weight excluding hydrogens is 209 g/mol. The van der Waals surface area contributed by atoms with Crippen LogP contribution in [-0.2, 0) is 4.74 Å². The number of rotatable bonds is 8. The second kappa shape index (κ2) is 7.90. The van der Waals surface area contributed by atoms with Crippen LogP contribution in [0.25, 0.3) is 0 Å². The van der Waals surface area contributed by atoms with E-state index in [1.807, 2.05) is 11.9 Å². The van der Waals surface area contributed by atoms with Crippen molar-refractivity contribution in [3.05, 3.63) is 0 Å². The lowest BCUT2D eigenvalue weighted by Gasteiger charge is -2.16. The molecule has 0 rings (SSSR count). The van der Waals surface area contributed by atoms with Crippen LogP contribution in [0, 0.1) is 0 Å². The van der Waals surface area contributed by atoms with E-state index in [-0.39, 0.29) is 0 Å². The minimum atomic E-state index is -4.12. The summed E-state index contributed by atoms with van der Waals surface area (Å²) >= 11 is 0. The third kappa shape index (κ3) is 11.6. The van der Waals surface area contributed by atoms with E-state index in [9.17, 15) is 13.2 Å². The largest absolute Gasteiger partial charge is 0.401 e. The third-order valence-corrected chi connectivity index (χ3v) is 1.88. The van der Waals surface area contributed by atoms with Crippen LogP contribution in [0.4, 0.5) is 13.2 Å². The molecule has 0 aromatic rings. The Bertz CT molecular complexity index is 153. The first-order valence-corrected chi connectivity index (χ1v) is 4.90. The molecule has 3 nitrogen and oxygen atoms in total. The van der Waals surface area contributed by atoms with E-state index < -0.39 is 12.7 Å². The fourth-order valence-electron chi connectivity index (χ4n) is 1.09. The Labute approximate surface area is 88.6 Å². The molecule has 0 aromatic heterocycles. The first-order chi connectivity index (χ1) is 6.95. The lowest BCUT2D eigenvalue weighted by molar-refractivity contribution is -0.124. The summed E-state index contributed by atoms with van der Waals surface area (Å²) in [5.74, 6) is 0. The smallest absolute Gasteiger partial charge is 0.385 e. The number of ether oxygens (including phenoxy) is 1. The Morgan fingerprint density at radius 2 is 1.93 bits per heavy atom. The van der Waals surface area contributed by atoms with Crippen LogP contribution in [0.1, 0.15) is 6.42 Å². The van der Waals surface area contributed by atoms with Crippen molar-refractivity contribution >= 4 is 0 Å². The Kier molecular flexibility index (Phi) is 7.72. The van der Waals surface area contributed by atoms with Gasteiger partial charge >= 0.3 is 6.18 Å². The maximum atomic E-state index is 11.7. The van der Waals surface area contributed by atoms with Gasteiger partial charge in [0.25, 0.3) is 0 Å². The van der Waals surface area contributed by atoms with Crippen molar-refractivity contribution in [2.45, 2.75) is 12.6 Å². The third-order valence-electron chi connectivity index (χ3n) is 1.88. The van der Waals surface area contributed by atoms with Gasteiger partial charge in [-0.15, -0.1) is 0 Å². The van der Waals surface area contributed by atoms with Gasteiger partial charge in [0, 0.05) is 33.4 Å². The van der Waals surface area contributed by atoms with Crippen molar-refractivity contribution < 1.29 is 17.9 Å². The number of likely N-dealkylation sites (N-methyl/N-ethyl adjacent to an activating group) is 1. The lowest BCUT2D eigenvalue weighted by atomic mass is 10.4. The molecule has 0 aliphatic rings. The molecule has 0 radical (unpaired) electrons. The van der Waals surface area contributed by atoms with E-state index in [0.29, 0.717) is 19.7 Å². The van der Waals surface area contributed by atoms with Gasteiger partial charge in [-0.25, -0.2) is 0 Å². The summed E-state index contributed by atoms with van der Waals surface area (Å²) in [6.45, 7) is 1.56. The molecule has 0 heterocycles. The Morgan fingerprint density at radius 1 is 1.27 bits per heavy atom. The zero-order valence-corrected chi connectivity index (χ0v) is 9.23. The molecule has 1 N–H and O–H groups in total. The fraction of sp³-hybridized carbons (Fsp3) is 1.00. The highest BCUT2D eigenvalue weighted by molar-refractivity contribution is 4.58. The van der Waals surface area contributed by atoms with Gasteiger partial charge in [-0.2, -0.15) is 13.2 Å². The van der Waals surface area contributed by atoms with Gasteiger partial charge in [0.05, 0.1) is 6.54 Å². The summed E-state index contributed by atoms with van der Waals surface area (Å²) in [5, 5.41) is 2.35. The van der Waals surface area contributed by atoms with E-state index in [0.717, 1.165) is 13.0 Å². The molecule has 0 aliphatic heterocycles. The summed E-state index contributed by atoms with van der Waals surface area (Å²) in [6, 6.07) is 0. The number of methoxy groups -OCH3 is 1. The average molecular weight is 228 g/mol. The second-order valence-electron chi connectivity index (χ2n) is 3.44. The van der Waals surface area contributed by atoms with E-state index >= 15 is 0 Å². The van der Waals surface area contributed by atoms with Gasteiger partial charge in [-0.05, 0) is 13.5 Å². The van der Waals surface area contributed by atoms with Crippen LogP contribution in [0.5, 0.6) is 0 Å². The van der Waals surface area contributed by atoms with Gasteiger partial charge in [-0.1, -0.05) is 0 Å². The topological polar surface area (TPSA) is 24.5 Å². The van der Waals surface area contributed by atoms with Crippen LogP contribution in [-0.4, -0.2) is 58.0 Å². The monoisotopic (exact) mass is 228 g/mol. The summed E-state index contributed by atoms with van der Waals surface area (Å²) in [6.07, 6.45) is -3.22. The fourth-order valence-corrected chi connectivity index (χ4v) is 1.09. The zero-order valence-electron chi connectivity index (χ0n) is 9.23. The summed E-state index contributed by atoms with van der Waals surface area (Å²) in [5.41, 5.74) is 0. The number of hydrogen-bond acceptors (Lipinski definition) is 3. The van der Waals surface area contributed by atoms with E-state index in [1.165, 1.54) is 0 Å². The number of alkyl halides is 3. The molecule has 0 bridgehead atoms. The van der Waals surface area contributed by atoms with Gasteiger partial charge in [0.1, 0.15) is 0 Å². The van der Waals surface area contributed by atoms with Gasteiger partial charge < -0.3 is 15.0 Å². The maximum Gasteiger partial charge on any atom is 0.401 e.